The summed E-state index contributed by atoms with van der Waals surface area (Å²) in [7, 11) is 1.74. The first kappa shape index (κ1) is 7.03. The van der Waals surface area contributed by atoms with Crippen LogP contribution >= 0.6 is 0 Å². The summed E-state index contributed by atoms with van der Waals surface area (Å²) in [5.74, 6) is 0.634. The molecule has 1 saturated carbocycles. The third kappa shape index (κ3) is 1.66. The highest BCUT2D eigenvalue weighted by atomic mass is 16.5. The Bertz CT molecular complexity index is 85.0. The molecule has 0 radical (unpaired) electrons. The summed E-state index contributed by atoms with van der Waals surface area (Å²) in [4.78, 5) is 0. The fourth-order valence-electron chi connectivity index (χ4n) is 1.49. The second-order valence-electron chi connectivity index (χ2n) is 2.81. The molecule has 0 bridgehead atoms. The van der Waals surface area contributed by atoms with Crippen molar-refractivity contribution in [3.8, 4) is 0 Å². The number of hydrogen-bond donors (Lipinski definition) is 1. The third-order valence-electron chi connectivity index (χ3n) is 2.10. The largest absolute Gasteiger partial charge is 0.384 e. The zero-order valence-corrected chi connectivity index (χ0v) is 5.97. The van der Waals surface area contributed by atoms with E-state index in [2.05, 4.69) is 0 Å². The molecule has 9 heavy (non-hydrogen) atoms. The van der Waals surface area contributed by atoms with Crippen LogP contribution in [0.1, 0.15) is 19.3 Å². The predicted octanol–water partition coefficient (Wildman–Crippen LogP) is 0.760. The Morgan fingerprint density at radius 3 is 2.78 bits per heavy atom. The lowest BCUT2D eigenvalue weighted by molar-refractivity contribution is 0.148. The molecule has 0 spiro atoms. The van der Waals surface area contributed by atoms with Gasteiger partial charge in [-0.3, -0.25) is 0 Å². The van der Waals surface area contributed by atoms with Crippen molar-refractivity contribution in [3.05, 3.63) is 0 Å². The van der Waals surface area contributed by atoms with Crippen molar-refractivity contribution in [3.63, 3.8) is 0 Å². The molecule has 2 N–H and O–H groups in total. The van der Waals surface area contributed by atoms with Crippen LogP contribution in [0.3, 0.4) is 0 Å². The molecule has 1 aliphatic carbocycles. The highest BCUT2D eigenvalue weighted by Gasteiger charge is 2.22. The van der Waals surface area contributed by atoms with Gasteiger partial charge in [0.05, 0.1) is 6.61 Å². The lowest BCUT2D eigenvalue weighted by Gasteiger charge is -2.12. The topological polar surface area (TPSA) is 35.2 Å². The molecule has 0 aromatic heterocycles. The van der Waals surface area contributed by atoms with Gasteiger partial charge >= 0.3 is 0 Å². The number of nitrogens with two attached hydrogens (primary N) is 1. The Labute approximate surface area is 56.4 Å². The first-order valence-electron chi connectivity index (χ1n) is 3.59. The summed E-state index contributed by atoms with van der Waals surface area (Å²) >= 11 is 0. The SMILES string of the molecule is COC[C@H]1CCC[C@@H]1N. The van der Waals surface area contributed by atoms with E-state index in [4.69, 9.17) is 10.5 Å². The van der Waals surface area contributed by atoms with Gasteiger partial charge in [-0.1, -0.05) is 6.42 Å². The van der Waals surface area contributed by atoms with Gasteiger partial charge in [0.2, 0.25) is 0 Å². The maximum atomic E-state index is 5.79. The second-order valence-corrected chi connectivity index (χ2v) is 2.81. The van der Waals surface area contributed by atoms with E-state index in [1.807, 2.05) is 0 Å². The Morgan fingerprint density at radius 1 is 1.56 bits per heavy atom. The van der Waals surface area contributed by atoms with Gasteiger partial charge in [0.1, 0.15) is 0 Å². The van der Waals surface area contributed by atoms with Gasteiger partial charge in [0.25, 0.3) is 0 Å². The number of rotatable bonds is 2. The summed E-state index contributed by atoms with van der Waals surface area (Å²) in [6.07, 6.45) is 3.73. The summed E-state index contributed by atoms with van der Waals surface area (Å²) in [5, 5.41) is 0. The van der Waals surface area contributed by atoms with Gasteiger partial charge in [0.15, 0.2) is 0 Å². The van der Waals surface area contributed by atoms with Crippen LogP contribution in [0, 0.1) is 5.92 Å². The molecule has 0 heterocycles. The molecule has 54 valence electrons. The van der Waals surface area contributed by atoms with Crippen LogP contribution in [-0.4, -0.2) is 19.8 Å². The molecular formula is C7H15NO. The maximum Gasteiger partial charge on any atom is 0.0505 e. The molecule has 0 aromatic carbocycles. The van der Waals surface area contributed by atoms with E-state index in [0.29, 0.717) is 12.0 Å². The summed E-state index contributed by atoms with van der Waals surface area (Å²) in [6, 6.07) is 0.407. The van der Waals surface area contributed by atoms with Gasteiger partial charge in [-0.25, -0.2) is 0 Å². The highest BCUT2D eigenvalue weighted by molar-refractivity contribution is 4.79. The van der Waals surface area contributed by atoms with E-state index < -0.39 is 0 Å². The first-order chi connectivity index (χ1) is 4.34. The van der Waals surface area contributed by atoms with Crippen LogP contribution in [0.15, 0.2) is 0 Å². The number of methoxy groups -OCH3 is 1. The van der Waals surface area contributed by atoms with Crippen LogP contribution in [0.4, 0.5) is 0 Å². The molecule has 0 unspecified atom stereocenters. The quantitative estimate of drug-likeness (QED) is 0.597. The fourth-order valence-corrected chi connectivity index (χ4v) is 1.49. The molecule has 1 rings (SSSR count). The Balaban J connectivity index is 2.22. The number of hydrogen-bond acceptors (Lipinski definition) is 2. The highest BCUT2D eigenvalue weighted by Crippen LogP contribution is 2.23. The summed E-state index contributed by atoms with van der Waals surface area (Å²) in [6.45, 7) is 0.848. The molecule has 0 saturated heterocycles. The van der Waals surface area contributed by atoms with Crippen molar-refractivity contribution in [2.75, 3.05) is 13.7 Å². The molecule has 1 aliphatic rings. The summed E-state index contributed by atoms with van der Waals surface area (Å²) in [5.41, 5.74) is 5.79. The average Bonchev–Trinajstić information content (AvgIpc) is 2.18. The second kappa shape index (κ2) is 3.18. The van der Waals surface area contributed by atoms with E-state index >= 15 is 0 Å². The monoisotopic (exact) mass is 129 g/mol. The van der Waals surface area contributed by atoms with E-state index in [9.17, 15) is 0 Å². The maximum absolute atomic E-state index is 5.79. The van der Waals surface area contributed by atoms with Crippen molar-refractivity contribution in [2.45, 2.75) is 25.3 Å². The van der Waals surface area contributed by atoms with E-state index in [0.717, 1.165) is 6.61 Å². The average molecular weight is 129 g/mol. The molecule has 2 atom stereocenters. The molecule has 0 aromatic rings. The summed E-state index contributed by atoms with van der Waals surface area (Å²) < 4.78 is 5.02. The normalized spacial score (nSPS) is 35.3. The molecule has 0 aliphatic heterocycles. The van der Waals surface area contributed by atoms with Crippen molar-refractivity contribution < 1.29 is 4.74 Å². The van der Waals surface area contributed by atoms with Crippen LogP contribution < -0.4 is 5.73 Å². The Morgan fingerprint density at radius 2 is 2.33 bits per heavy atom. The minimum absolute atomic E-state index is 0.407. The third-order valence-corrected chi connectivity index (χ3v) is 2.10. The molecule has 2 nitrogen and oxygen atoms in total. The van der Waals surface area contributed by atoms with Crippen molar-refractivity contribution in [1.29, 1.82) is 0 Å². The van der Waals surface area contributed by atoms with Crippen LogP contribution in [-0.2, 0) is 4.74 Å². The van der Waals surface area contributed by atoms with Gasteiger partial charge in [-0.2, -0.15) is 0 Å². The Hall–Kier alpha value is -0.0800. The van der Waals surface area contributed by atoms with E-state index in [1.54, 1.807) is 7.11 Å². The molecule has 0 amide bonds. The van der Waals surface area contributed by atoms with Gasteiger partial charge in [0, 0.05) is 13.2 Å². The molecular weight excluding hydrogens is 114 g/mol. The van der Waals surface area contributed by atoms with Gasteiger partial charge < -0.3 is 10.5 Å². The van der Waals surface area contributed by atoms with E-state index in [1.165, 1.54) is 19.3 Å². The lowest BCUT2D eigenvalue weighted by Crippen LogP contribution is -2.27. The standard InChI is InChI=1S/C7H15NO/c1-9-5-6-3-2-4-7(6)8/h6-7H,2-5,8H2,1H3/t6-,7+/m1/s1. The molecule has 1 fully saturated rings. The van der Waals surface area contributed by atoms with Gasteiger partial charge in [-0.05, 0) is 18.8 Å². The zero-order chi connectivity index (χ0) is 6.69. The van der Waals surface area contributed by atoms with Crippen molar-refractivity contribution >= 4 is 0 Å². The van der Waals surface area contributed by atoms with Crippen LogP contribution in [0.25, 0.3) is 0 Å². The lowest BCUT2D eigenvalue weighted by atomic mass is 10.1. The zero-order valence-electron chi connectivity index (χ0n) is 5.97. The minimum Gasteiger partial charge on any atom is -0.384 e. The predicted molar refractivity (Wildman–Crippen MR) is 37.2 cm³/mol. The van der Waals surface area contributed by atoms with Crippen LogP contribution in [0.5, 0.6) is 0 Å². The minimum atomic E-state index is 0.407. The fraction of sp³-hybridized carbons (Fsp3) is 1.00. The van der Waals surface area contributed by atoms with Gasteiger partial charge in [-0.15, -0.1) is 0 Å². The Kier molecular flexibility index (Phi) is 2.49. The smallest absolute Gasteiger partial charge is 0.0505 e. The van der Waals surface area contributed by atoms with Crippen LogP contribution in [0.2, 0.25) is 0 Å². The van der Waals surface area contributed by atoms with Crippen molar-refractivity contribution in [1.82, 2.24) is 0 Å². The van der Waals surface area contributed by atoms with E-state index in [-0.39, 0.29) is 0 Å². The first-order valence-corrected chi connectivity index (χ1v) is 3.59. The number of ether oxygens (including phenoxy) is 1. The molecule has 2 heteroatoms. The van der Waals surface area contributed by atoms with Crippen molar-refractivity contribution in [2.24, 2.45) is 11.7 Å².